The fraction of sp³-hybridized carbons (Fsp3) is 0.417. The van der Waals surface area contributed by atoms with Gasteiger partial charge in [-0.05, 0) is 24.3 Å². The van der Waals surface area contributed by atoms with Gasteiger partial charge in [0.1, 0.15) is 18.0 Å². The zero-order valence-corrected chi connectivity index (χ0v) is 9.64. The third-order valence-corrected chi connectivity index (χ3v) is 2.59. The van der Waals surface area contributed by atoms with Crippen LogP contribution in [0.3, 0.4) is 0 Å². The van der Waals surface area contributed by atoms with Crippen molar-refractivity contribution in [2.24, 2.45) is 0 Å². The second kappa shape index (κ2) is 5.16. The van der Waals surface area contributed by atoms with Crippen LogP contribution in [0.2, 0.25) is 0 Å². The van der Waals surface area contributed by atoms with Crippen LogP contribution in [0.25, 0.3) is 0 Å². The first-order valence-corrected chi connectivity index (χ1v) is 5.58. The maximum absolute atomic E-state index is 10.8. The van der Waals surface area contributed by atoms with Crippen molar-refractivity contribution in [3.8, 4) is 5.75 Å². The molecular formula is C12H16N2O3. The molecule has 3 N–H and O–H groups in total. The van der Waals surface area contributed by atoms with Crippen molar-refractivity contribution in [1.29, 1.82) is 0 Å². The Labute approximate surface area is 99.8 Å². The molecule has 0 saturated carbocycles. The third kappa shape index (κ3) is 3.18. The van der Waals surface area contributed by atoms with Crippen LogP contribution in [-0.2, 0) is 4.79 Å². The Kier molecular flexibility index (Phi) is 3.61. The van der Waals surface area contributed by atoms with Crippen LogP contribution in [-0.4, -0.2) is 36.3 Å². The molecule has 2 unspecified atom stereocenters. The molecule has 2 atom stereocenters. The molecule has 1 aliphatic rings. The molecule has 1 saturated heterocycles. The lowest BCUT2D eigenvalue weighted by molar-refractivity contribution is -0.114. The molecule has 1 aromatic carbocycles. The van der Waals surface area contributed by atoms with E-state index in [1.807, 2.05) is 0 Å². The molecule has 1 aromatic rings. The third-order valence-electron chi connectivity index (χ3n) is 2.59. The Hall–Kier alpha value is -1.59. The first-order valence-electron chi connectivity index (χ1n) is 5.58. The predicted molar refractivity (Wildman–Crippen MR) is 64.0 cm³/mol. The molecule has 0 bridgehead atoms. The number of amides is 1. The zero-order valence-electron chi connectivity index (χ0n) is 9.64. The summed E-state index contributed by atoms with van der Waals surface area (Å²) in [7, 11) is 0. The number of benzene rings is 1. The number of carbonyl (C=O) groups excluding carboxylic acids is 1. The van der Waals surface area contributed by atoms with Crippen LogP contribution >= 0.6 is 0 Å². The summed E-state index contributed by atoms with van der Waals surface area (Å²) in [5.74, 6) is 0.584. The van der Waals surface area contributed by atoms with Gasteiger partial charge in [-0.15, -0.1) is 0 Å². The van der Waals surface area contributed by atoms with E-state index >= 15 is 0 Å². The predicted octanol–water partition coefficient (Wildman–Crippen LogP) is 0.356. The lowest BCUT2D eigenvalue weighted by Gasteiger charge is -2.16. The van der Waals surface area contributed by atoms with E-state index in [1.165, 1.54) is 6.92 Å². The fourth-order valence-electron chi connectivity index (χ4n) is 1.76. The van der Waals surface area contributed by atoms with Crippen LogP contribution in [0.5, 0.6) is 5.75 Å². The molecule has 1 fully saturated rings. The van der Waals surface area contributed by atoms with Gasteiger partial charge in [-0.25, -0.2) is 0 Å². The average molecular weight is 236 g/mol. The lowest BCUT2D eigenvalue weighted by atomic mass is 10.2. The quantitative estimate of drug-likeness (QED) is 0.708. The first-order chi connectivity index (χ1) is 8.15. The van der Waals surface area contributed by atoms with Gasteiger partial charge in [-0.2, -0.15) is 0 Å². The van der Waals surface area contributed by atoms with Gasteiger partial charge in [0, 0.05) is 25.7 Å². The minimum atomic E-state index is -0.468. The molecule has 1 aliphatic heterocycles. The number of anilines is 1. The molecule has 17 heavy (non-hydrogen) atoms. The highest BCUT2D eigenvalue weighted by atomic mass is 16.5. The standard InChI is InChI=1S/C12H16N2O3/c1-8(15)14-9-2-4-10(5-3-9)17-12-7-13-6-11(12)16/h2-5,11-13,16H,6-7H2,1H3,(H,14,15). The van der Waals surface area contributed by atoms with Gasteiger partial charge in [0.2, 0.25) is 5.91 Å². The Morgan fingerprint density at radius 3 is 2.65 bits per heavy atom. The number of hydrogen-bond donors (Lipinski definition) is 3. The molecule has 0 radical (unpaired) electrons. The Balaban J connectivity index is 1.95. The topological polar surface area (TPSA) is 70.6 Å². The van der Waals surface area contributed by atoms with Gasteiger partial charge in [0.15, 0.2) is 0 Å². The highest BCUT2D eigenvalue weighted by Gasteiger charge is 2.26. The Morgan fingerprint density at radius 1 is 1.41 bits per heavy atom. The number of aliphatic hydroxyl groups is 1. The van der Waals surface area contributed by atoms with Crippen LogP contribution in [0.4, 0.5) is 5.69 Å². The maximum atomic E-state index is 10.8. The summed E-state index contributed by atoms with van der Waals surface area (Å²) >= 11 is 0. The normalized spacial score (nSPS) is 23.4. The van der Waals surface area contributed by atoms with E-state index in [-0.39, 0.29) is 12.0 Å². The fourth-order valence-corrected chi connectivity index (χ4v) is 1.76. The van der Waals surface area contributed by atoms with Crippen LogP contribution in [0, 0.1) is 0 Å². The van der Waals surface area contributed by atoms with E-state index in [0.717, 1.165) is 5.69 Å². The second-order valence-electron chi connectivity index (χ2n) is 4.09. The summed E-state index contributed by atoms with van der Waals surface area (Å²) in [4.78, 5) is 10.8. The van der Waals surface area contributed by atoms with Crippen LogP contribution in [0.15, 0.2) is 24.3 Å². The summed E-state index contributed by atoms with van der Waals surface area (Å²) < 4.78 is 5.62. The van der Waals surface area contributed by atoms with Gasteiger partial charge in [0.25, 0.3) is 0 Å². The second-order valence-corrected chi connectivity index (χ2v) is 4.09. The molecule has 0 spiro atoms. The molecule has 1 amide bonds. The van der Waals surface area contributed by atoms with Crippen LogP contribution < -0.4 is 15.4 Å². The lowest BCUT2D eigenvalue weighted by Crippen LogP contribution is -2.29. The van der Waals surface area contributed by atoms with Crippen molar-refractivity contribution < 1.29 is 14.6 Å². The van der Waals surface area contributed by atoms with Gasteiger partial charge in [0.05, 0.1) is 0 Å². The largest absolute Gasteiger partial charge is 0.486 e. The number of β-amino-alcohol motifs (C(OH)–C–C–N with tert-alkyl or cyclic N) is 1. The average Bonchev–Trinajstić information content (AvgIpc) is 2.67. The van der Waals surface area contributed by atoms with E-state index in [9.17, 15) is 9.90 Å². The summed E-state index contributed by atoms with van der Waals surface area (Å²) in [6, 6.07) is 7.09. The van der Waals surface area contributed by atoms with Crippen molar-refractivity contribution in [2.75, 3.05) is 18.4 Å². The highest BCUT2D eigenvalue weighted by molar-refractivity contribution is 5.88. The number of carbonyl (C=O) groups is 1. The molecule has 2 rings (SSSR count). The van der Waals surface area contributed by atoms with Gasteiger partial charge in [-0.1, -0.05) is 0 Å². The van der Waals surface area contributed by atoms with Crippen molar-refractivity contribution in [1.82, 2.24) is 5.32 Å². The highest BCUT2D eigenvalue weighted by Crippen LogP contribution is 2.18. The Morgan fingerprint density at radius 2 is 2.12 bits per heavy atom. The molecule has 92 valence electrons. The number of hydrogen-bond acceptors (Lipinski definition) is 4. The maximum Gasteiger partial charge on any atom is 0.221 e. The Bertz CT molecular complexity index is 391. The molecule has 5 heteroatoms. The summed E-state index contributed by atoms with van der Waals surface area (Å²) in [6.07, 6.45) is -0.674. The van der Waals surface area contributed by atoms with Crippen molar-refractivity contribution >= 4 is 11.6 Å². The monoisotopic (exact) mass is 236 g/mol. The van der Waals surface area contributed by atoms with E-state index in [2.05, 4.69) is 10.6 Å². The van der Waals surface area contributed by atoms with E-state index in [1.54, 1.807) is 24.3 Å². The SMILES string of the molecule is CC(=O)Nc1ccc(OC2CNCC2O)cc1. The van der Waals surface area contributed by atoms with Gasteiger partial charge >= 0.3 is 0 Å². The number of nitrogens with one attached hydrogen (secondary N) is 2. The zero-order chi connectivity index (χ0) is 12.3. The number of rotatable bonds is 3. The summed E-state index contributed by atoms with van der Waals surface area (Å²) in [5.41, 5.74) is 0.731. The van der Waals surface area contributed by atoms with Crippen molar-refractivity contribution in [3.05, 3.63) is 24.3 Å². The van der Waals surface area contributed by atoms with E-state index in [4.69, 9.17) is 4.74 Å². The van der Waals surface area contributed by atoms with Gasteiger partial charge < -0.3 is 20.5 Å². The first kappa shape index (κ1) is 11.9. The smallest absolute Gasteiger partial charge is 0.221 e. The molecule has 0 aliphatic carbocycles. The molecule has 0 aromatic heterocycles. The minimum Gasteiger partial charge on any atom is -0.486 e. The molecule has 5 nitrogen and oxygen atoms in total. The van der Waals surface area contributed by atoms with Gasteiger partial charge in [-0.3, -0.25) is 4.79 Å². The molecule has 1 heterocycles. The summed E-state index contributed by atoms with van der Waals surface area (Å²) in [5, 5.41) is 15.3. The number of ether oxygens (including phenoxy) is 1. The van der Waals surface area contributed by atoms with Crippen molar-refractivity contribution in [3.63, 3.8) is 0 Å². The minimum absolute atomic E-state index is 0.103. The van der Waals surface area contributed by atoms with Crippen molar-refractivity contribution in [2.45, 2.75) is 19.1 Å². The van der Waals surface area contributed by atoms with Crippen LogP contribution in [0.1, 0.15) is 6.92 Å². The van der Waals surface area contributed by atoms with E-state index < -0.39 is 6.10 Å². The summed E-state index contributed by atoms with van der Waals surface area (Å²) in [6.45, 7) is 2.67. The van der Waals surface area contributed by atoms with E-state index in [0.29, 0.717) is 18.8 Å². The number of aliphatic hydroxyl groups excluding tert-OH is 1. The molecular weight excluding hydrogens is 220 g/mol.